The molecule has 0 aromatic heterocycles. The summed E-state index contributed by atoms with van der Waals surface area (Å²) in [5.41, 5.74) is 4.11. The highest BCUT2D eigenvalue weighted by molar-refractivity contribution is 5.75. The van der Waals surface area contributed by atoms with Crippen molar-refractivity contribution in [2.75, 3.05) is 33.4 Å². The first-order valence-corrected chi connectivity index (χ1v) is 10.2. The van der Waals surface area contributed by atoms with E-state index in [1.165, 1.54) is 23.1 Å². The van der Waals surface area contributed by atoms with Crippen molar-refractivity contribution in [3.8, 4) is 0 Å². The molecule has 3 heterocycles. The lowest BCUT2D eigenvalue weighted by Crippen LogP contribution is -2.42. The highest BCUT2D eigenvalue weighted by atomic mass is 16.5. The molecular weight excluding hydrogens is 340 g/mol. The fraction of sp³-hybridized carbons (Fsp3) is 0.682. The molecule has 3 saturated heterocycles. The standard InChI is InChI=1S/C22H32N2O3/c1-15-4-5-17(10-16(15)2)12-24-13-19-18(11-23-21(25)7-9-26-3)20-6-8-22(19,14-24)27-20/h4-5,10,18-20H,6-9,11-14H2,1-3H3,(H,23,25)/t18-,19+,20+,22+/m0/s1. The zero-order valence-corrected chi connectivity index (χ0v) is 16.8. The number of amides is 1. The van der Waals surface area contributed by atoms with Crippen molar-refractivity contribution in [2.45, 2.75) is 51.4 Å². The van der Waals surface area contributed by atoms with Crippen LogP contribution in [0.15, 0.2) is 18.2 Å². The first-order chi connectivity index (χ1) is 13.0. The number of hydrogen-bond acceptors (Lipinski definition) is 4. The third-order valence-electron chi connectivity index (χ3n) is 6.90. The number of rotatable bonds is 7. The lowest BCUT2D eigenvalue weighted by molar-refractivity contribution is -0.122. The SMILES string of the molecule is COCCC(=O)NC[C@H]1[C@H]2CN(Cc3ccc(C)c(C)c3)C[C@]23CC[C@H]1O3. The van der Waals surface area contributed by atoms with Gasteiger partial charge in [0.2, 0.25) is 5.91 Å². The van der Waals surface area contributed by atoms with Gasteiger partial charge in [-0.15, -0.1) is 0 Å². The molecule has 0 unspecified atom stereocenters. The Hall–Kier alpha value is -1.43. The normalized spacial score (nSPS) is 32.0. The van der Waals surface area contributed by atoms with E-state index in [1.807, 2.05) is 0 Å². The molecule has 1 aromatic rings. The monoisotopic (exact) mass is 372 g/mol. The predicted molar refractivity (Wildman–Crippen MR) is 105 cm³/mol. The van der Waals surface area contributed by atoms with Gasteiger partial charge in [-0.1, -0.05) is 18.2 Å². The predicted octanol–water partition coefficient (Wildman–Crippen LogP) is 2.44. The number of fused-ring (bicyclic) bond motifs is 1. The van der Waals surface area contributed by atoms with Crippen molar-refractivity contribution in [3.05, 3.63) is 34.9 Å². The summed E-state index contributed by atoms with van der Waals surface area (Å²) in [7, 11) is 1.63. The Balaban J connectivity index is 1.38. The van der Waals surface area contributed by atoms with Gasteiger partial charge in [0, 0.05) is 51.5 Å². The minimum absolute atomic E-state index is 0.0202. The van der Waals surface area contributed by atoms with Crippen molar-refractivity contribution in [3.63, 3.8) is 0 Å². The average molecular weight is 373 g/mol. The van der Waals surface area contributed by atoms with E-state index in [2.05, 4.69) is 42.3 Å². The molecule has 3 aliphatic rings. The fourth-order valence-electron chi connectivity index (χ4n) is 5.36. The van der Waals surface area contributed by atoms with E-state index >= 15 is 0 Å². The molecule has 1 aromatic carbocycles. The molecule has 1 N–H and O–H groups in total. The summed E-state index contributed by atoms with van der Waals surface area (Å²) in [5.74, 6) is 1.05. The molecule has 0 radical (unpaired) electrons. The summed E-state index contributed by atoms with van der Waals surface area (Å²) in [6.45, 7) is 8.64. The largest absolute Gasteiger partial charge is 0.384 e. The van der Waals surface area contributed by atoms with E-state index in [4.69, 9.17) is 9.47 Å². The Labute approximate surface area is 162 Å². The van der Waals surface area contributed by atoms with Gasteiger partial charge in [-0.3, -0.25) is 9.69 Å². The maximum absolute atomic E-state index is 12.0. The maximum atomic E-state index is 12.0. The highest BCUT2D eigenvalue weighted by Crippen LogP contribution is 2.54. The number of carbonyl (C=O) groups is 1. The van der Waals surface area contributed by atoms with Crippen LogP contribution in [-0.4, -0.2) is 55.9 Å². The second-order valence-electron chi connectivity index (χ2n) is 8.67. The third kappa shape index (κ3) is 3.65. The average Bonchev–Trinajstić information content (AvgIpc) is 3.29. The van der Waals surface area contributed by atoms with Gasteiger partial charge in [0.05, 0.1) is 18.3 Å². The van der Waals surface area contributed by atoms with Gasteiger partial charge in [-0.05, 0) is 43.4 Å². The highest BCUT2D eigenvalue weighted by Gasteiger charge is 2.62. The number of aryl methyl sites for hydroxylation is 2. The Bertz CT molecular complexity index is 707. The fourth-order valence-corrected chi connectivity index (χ4v) is 5.36. The molecule has 5 heteroatoms. The lowest BCUT2D eigenvalue weighted by Gasteiger charge is -2.29. The molecule has 5 nitrogen and oxygen atoms in total. The molecular formula is C22H32N2O3. The molecule has 3 aliphatic heterocycles. The van der Waals surface area contributed by atoms with Gasteiger partial charge in [0.25, 0.3) is 0 Å². The molecule has 27 heavy (non-hydrogen) atoms. The van der Waals surface area contributed by atoms with E-state index in [0.717, 1.165) is 32.6 Å². The molecule has 0 aliphatic carbocycles. The van der Waals surface area contributed by atoms with Gasteiger partial charge in [-0.25, -0.2) is 0 Å². The summed E-state index contributed by atoms with van der Waals surface area (Å²) < 4.78 is 11.5. The van der Waals surface area contributed by atoms with Gasteiger partial charge in [0.15, 0.2) is 0 Å². The van der Waals surface area contributed by atoms with Crippen LogP contribution in [0.4, 0.5) is 0 Å². The molecule has 1 amide bonds. The molecule has 2 bridgehead atoms. The first-order valence-electron chi connectivity index (χ1n) is 10.2. The number of ether oxygens (including phenoxy) is 2. The number of nitrogens with zero attached hydrogens (tertiary/aromatic N) is 1. The Morgan fingerprint density at radius 2 is 2.22 bits per heavy atom. The summed E-state index contributed by atoms with van der Waals surface area (Å²) in [4.78, 5) is 14.5. The third-order valence-corrected chi connectivity index (χ3v) is 6.90. The summed E-state index contributed by atoms with van der Waals surface area (Å²) >= 11 is 0. The van der Waals surface area contributed by atoms with Gasteiger partial charge >= 0.3 is 0 Å². The topological polar surface area (TPSA) is 50.8 Å². The van der Waals surface area contributed by atoms with Gasteiger partial charge in [0.1, 0.15) is 0 Å². The second-order valence-corrected chi connectivity index (χ2v) is 8.67. The molecule has 3 fully saturated rings. The van der Waals surface area contributed by atoms with Crippen molar-refractivity contribution < 1.29 is 14.3 Å². The van der Waals surface area contributed by atoms with Crippen LogP contribution in [0.5, 0.6) is 0 Å². The summed E-state index contributed by atoms with van der Waals surface area (Å²) in [6, 6.07) is 6.78. The number of likely N-dealkylation sites (tertiary alicyclic amines) is 1. The summed E-state index contributed by atoms with van der Waals surface area (Å²) in [5, 5.41) is 3.11. The van der Waals surface area contributed by atoms with E-state index in [-0.39, 0.29) is 11.5 Å². The number of benzene rings is 1. The van der Waals surface area contributed by atoms with Crippen molar-refractivity contribution >= 4 is 5.91 Å². The number of hydrogen-bond donors (Lipinski definition) is 1. The number of nitrogens with one attached hydrogen (secondary N) is 1. The van der Waals surface area contributed by atoms with Crippen LogP contribution in [0.25, 0.3) is 0 Å². The van der Waals surface area contributed by atoms with Gasteiger partial charge < -0.3 is 14.8 Å². The summed E-state index contributed by atoms with van der Waals surface area (Å²) in [6.07, 6.45) is 3.05. The van der Waals surface area contributed by atoms with Crippen LogP contribution in [0, 0.1) is 25.7 Å². The van der Waals surface area contributed by atoms with E-state index < -0.39 is 0 Å². The Morgan fingerprint density at radius 1 is 1.37 bits per heavy atom. The molecule has 0 saturated carbocycles. The minimum Gasteiger partial charge on any atom is -0.384 e. The molecule has 148 valence electrons. The number of methoxy groups -OCH3 is 1. The zero-order valence-electron chi connectivity index (χ0n) is 16.8. The zero-order chi connectivity index (χ0) is 19.0. The molecule has 1 spiro atoms. The van der Waals surface area contributed by atoms with E-state index in [9.17, 15) is 4.79 Å². The lowest BCUT2D eigenvalue weighted by atomic mass is 9.73. The van der Waals surface area contributed by atoms with Crippen LogP contribution in [0.1, 0.15) is 36.0 Å². The maximum Gasteiger partial charge on any atom is 0.222 e. The molecule has 4 atom stereocenters. The van der Waals surface area contributed by atoms with Crippen molar-refractivity contribution in [1.29, 1.82) is 0 Å². The second kappa shape index (κ2) is 7.53. The van der Waals surface area contributed by atoms with E-state index in [1.54, 1.807) is 7.11 Å². The van der Waals surface area contributed by atoms with Crippen LogP contribution in [0.3, 0.4) is 0 Å². The smallest absolute Gasteiger partial charge is 0.222 e. The van der Waals surface area contributed by atoms with Crippen molar-refractivity contribution in [1.82, 2.24) is 10.2 Å². The molecule has 4 rings (SSSR count). The van der Waals surface area contributed by atoms with Crippen LogP contribution in [0.2, 0.25) is 0 Å². The Kier molecular flexibility index (Phi) is 5.28. The van der Waals surface area contributed by atoms with Crippen LogP contribution in [-0.2, 0) is 20.8 Å². The van der Waals surface area contributed by atoms with Crippen molar-refractivity contribution in [2.24, 2.45) is 11.8 Å². The number of carbonyl (C=O) groups excluding carboxylic acids is 1. The Morgan fingerprint density at radius 3 is 3.00 bits per heavy atom. The minimum atomic E-state index is 0.0202. The van der Waals surface area contributed by atoms with Crippen LogP contribution >= 0.6 is 0 Å². The van der Waals surface area contributed by atoms with E-state index in [0.29, 0.717) is 31.0 Å². The quantitative estimate of drug-likeness (QED) is 0.799. The van der Waals surface area contributed by atoms with Crippen LogP contribution < -0.4 is 5.32 Å². The van der Waals surface area contributed by atoms with Gasteiger partial charge in [-0.2, -0.15) is 0 Å². The first kappa shape index (κ1) is 18.9.